The van der Waals surface area contributed by atoms with Crippen LogP contribution in [0.25, 0.3) is 22.3 Å². The van der Waals surface area contributed by atoms with Gasteiger partial charge in [0.05, 0.1) is 10.9 Å². The van der Waals surface area contributed by atoms with Gasteiger partial charge in [0, 0.05) is 5.56 Å². The summed E-state index contributed by atoms with van der Waals surface area (Å²) in [7, 11) is -6.05. The van der Waals surface area contributed by atoms with Crippen molar-refractivity contribution < 1.29 is 26.1 Å². The first kappa shape index (κ1) is 32.4. The molecule has 0 aliphatic heterocycles. The second-order valence-electron chi connectivity index (χ2n) is 9.47. The third kappa shape index (κ3) is 8.96. The van der Waals surface area contributed by atoms with E-state index in [1.807, 2.05) is 0 Å². The first-order chi connectivity index (χ1) is 19.6. The molecule has 0 aliphatic rings. The van der Waals surface area contributed by atoms with Crippen molar-refractivity contribution in [3.05, 3.63) is 109 Å². The molecule has 1 atom stereocenters. The summed E-state index contributed by atoms with van der Waals surface area (Å²) in [5.74, 6) is 1.20. The Hall–Kier alpha value is -3.07. The van der Waals surface area contributed by atoms with Crippen LogP contribution >= 0.6 is 0 Å². The second-order valence-corrected chi connectivity index (χ2v) is 12.9. The Balaban J connectivity index is 0.000000507. The summed E-state index contributed by atoms with van der Waals surface area (Å²) in [5.41, 5.74) is 1.34. The van der Waals surface area contributed by atoms with Gasteiger partial charge in [-0.2, -0.15) is 13.2 Å². The van der Waals surface area contributed by atoms with Crippen molar-refractivity contribution in [3.8, 4) is 22.3 Å². The number of rotatable bonds is 10. The molecular formula is C33H35F3O3S2. The normalized spacial score (nSPS) is 12.3. The smallest absolute Gasteiger partial charge is 0.485 e. The third-order valence-corrected chi connectivity index (χ3v) is 9.43. The Bertz CT molecular complexity index is 1460. The zero-order valence-corrected chi connectivity index (χ0v) is 24.9. The van der Waals surface area contributed by atoms with Crippen molar-refractivity contribution in [3.63, 3.8) is 0 Å². The molecule has 0 amide bonds. The van der Waals surface area contributed by atoms with Gasteiger partial charge in [-0.05, 0) is 59.7 Å². The number of unbranched alkanes of at least 4 members (excludes halogenated alkanes) is 2. The number of aryl methyl sites for hydroxylation is 1. The fourth-order valence-corrected chi connectivity index (χ4v) is 6.93. The van der Waals surface area contributed by atoms with E-state index < -0.39 is 15.6 Å². The average molecular weight is 601 g/mol. The molecule has 4 aromatic rings. The lowest BCUT2D eigenvalue weighted by Gasteiger charge is -2.20. The molecule has 0 radical (unpaired) electrons. The zero-order valence-electron chi connectivity index (χ0n) is 23.2. The molecule has 0 saturated heterocycles. The molecule has 1 unspecified atom stereocenters. The molecule has 0 saturated carbocycles. The van der Waals surface area contributed by atoms with Crippen molar-refractivity contribution in [2.75, 3.05) is 5.75 Å². The van der Waals surface area contributed by atoms with Crippen LogP contribution in [0.15, 0.2) is 113 Å². The molecule has 0 fully saturated rings. The largest absolute Gasteiger partial charge is 0.741 e. The van der Waals surface area contributed by atoms with E-state index in [1.54, 1.807) is 0 Å². The maximum atomic E-state index is 10.7. The van der Waals surface area contributed by atoms with E-state index in [0.717, 1.165) is 6.42 Å². The van der Waals surface area contributed by atoms with E-state index in [2.05, 4.69) is 117 Å². The Kier molecular flexibility index (Phi) is 12.1. The molecule has 3 nitrogen and oxygen atoms in total. The minimum absolute atomic E-state index is 0.0388. The summed E-state index contributed by atoms with van der Waals surface area (Å²) < 4.78 is 58.9. The van der Waals surface area contributed by atoms with Crippen molar-refractivity contribution in [1.82, 2.24) is 0 Å². The predicted octanol–water partition coefficient (Wildman–Crippen LogP) is 9.25. The van der Waals surface area contributed by atoms with Crippen LogP contribution in [0.3, 0.4) is 0 Å². The second kappa shape index (κ2) is 15.2. The lowest BCUT2D eigenvalue weighted by atomic mass is 9.88. The van der Waals surface area contributed by atoms with E-state index in [-0.39, 0.29) is 10.9 Å². The third-order valence-electron chi connectivity index (χ3n) is 6.46. The van der Waals surface area contributed by atoms with E-state index in [1.165, 1.54) is 69.0 Å². The first-order valence-electron chi connectivity index (χ1n) is 13.6. The van der Waals surface area contributed by atoms with Crippen molar-refractivity contribution in [2.45, 2.75) is 61.3 Å². The molecule has 4 aromatic carbocycles. The minimum Gasteiger partial charge on any atom is -0.741 e. The number of benzene rings is 4. The molecule has 0 N–H and O–H groups in total. The molecule has 218 valence electrons. The highest BCUT2D eigenvalue weighted by atomic mass is 32.2. The fraction of sp³-hybridized carbons (Fsp3) is 0.273. The standard InChI is InChI=1S/C32H35S.CHF3O3S/c1-3-5-16-28-23-24-30(33(25-6-4-2)29-21-14-9-15-22-29)32(27-19-12-8-13-20-27)31(28)26-17-10-7-11-18-26;2-1(3,4)8(5,6)7/h7-15,17-24H,3-6,16,25H2,1-2H3;(H,5,6,7)/q+1;/p-1. The predicted molar refractivity (Wildman–Crippen MR) is 162 cm³/mol. The maximum Gasteiger partial charge on any atom is 0.485 e. The van der Waals surface area contributed by atoms with E-state index in [4.69, 9.17) is 13.0 Å². The van der Waals surface area contributed by atoms with Gasteiger partial charge in [-0.25, -0.2) is 8.42 Å². The van der Waals surface area contributed by atoms with Gasteiger partial charge < -0.3 is 4.55 Å². The van der Waals surface area contributed by atoms with Crippen molar-refractivity contribution >= 4 is 21.0 Å². The topological polar surface area (TPSA) is 57.2 Å². The molecule has 8 heteroatoms. The Labute approximate surface area is 244 Å². The minimum atomic E-state index is -6.09. The van der Waals surface area contributed by atoms with Crippen LogP contribution in [0.5, 0.6) is 0 Å². The Morgan fingerprint density at radius 1 is 0.683 bits per heavy atom. The lowest BCUT2D eigenvalue weighted by Crippen LogP contribution is -2.21. The molecule has 0 aromatic heterocycles. The van der Waals surface area contributed by atoms with Crippen molar-refractivity contribution in [1.29, 1.82) is 0 Å². The quantitative estimate of drug-likeness (QED) is 0.104. The molecule has 0 aliphatic carbocycles. The fourth-order valence-electron chi connectivity index (χ4n) is 4.46. The molecule has 0 heterocycles. The van der Waals surface area contributed by atoms with E-state index in [9.17, 15) is 13.2 Å². The number of halogens is 3. The molecule has 41 heavy (non-hydrogen) atoms. The summed E-state index contributed by atoms with van der Waals surface area (Å²) in [4.78, 5) is 2.93. The van der Waals surface area contributed by atoms with Gasteiger partial charge in [0.2, 0.25) is 0 Å². The van der Waals surface area contributed by atoms with Gasteiger partial charge in [0.15, 0.2) is 19.9 Å². The first-order valence-corrected chi connectivity index (χ1v) is 16.4. The maximum absolute atomic E-state index is 10.7. The summed E-state index contributed by atoms with van der Waals surface area (Å²) in [5, 5.41) is 0. The molecule has 4 rings (SSSR count). The van der Waals surface area contributed by atoms with Crippen LogP contribution in [0.4, 0.5) is 13.2 Å². The van der Waals surface area contributed by atoms with Gasteiger partial charge in [-0.3, -0.25) is 0 Å². The van der Waals surface area contributed by atoms with Crippen LogP contribution in [-0.4, -0.2) is 24.2 Å². The summed E-state index contributed by atoms with van der Waals surface area (Å²) >= 11 is 0. The van der Waals surface area contributed by atoms with Crippen LogP contribution in [0.2, 0.25) is 0 Å². The van der Waals surface area contributed by atoms with Gasteiger partial charge >= 0.3 is 5.51 Å². The SMILES string of the molecule is CCCCc1ccc([S+](CCCC)c2ccccc2)c(-c2ccccc2)c1-c1ccccc1.O=S(=O)([O-])C(F)(F)F. The number of alkyl halides is 3. The van der Waals surface area contributed by atoms with Crippen molar-refractivity contribution in [2.24, 2.45) is 0 Å². The van der Waals surface area contributed by atoms with Gasteiger partial charge in [0.1, 0.15) is 5.75 Å². The van der Waals surface area contributed by atoms with E-state index >= 15 is 0 Å². The number of hydrogen-bond acceptors (Lipinski definition) is 3. The van der Waals surface area contributed by atoms with Gasteiger partial charge in [-0.15, -0.1) is 0 Å². The summed E-state index contributed by atoms with van der Waals surface area (Å²) in [6.07, 6.45) is 6.01. The Morgan fingerprint density at radius 3 is 1.61 bits per heavy atom. The summed E-state index contributed by atoms with van der Waals surface area (Å²) in [6, 6.07) is 38.1. The van der Waals surface area contributed by atoms with E-state index in [0.29, 0.717) is 0 Å². The number of hydrogen-bond donors (Lipinski definition) is 0. The highest BCUT2D eigenvalue weighted by Gasteiger charge is 2.37. The average Bonchev–Trinajstić information content (AvgIpc) is 2.97. The Morgan fingerprint density at radius 2 is 1.15 bits per heavy atom. The molecule has 0 bridgehead atoms. The van der Waals surface area contributed by atoms with Gasteiger partial charge in [0.25, 0.3) is 0 Å². The molecular weight excluding hydrogens is 565 g/mol. The molecule has 0 spiro atoms. The lowest BCUT2D eigenvalue weighted by molar-refractivity contribution is -0.0517. The van der Waals surface area contributed by atoms with Crippen LogP contribution in [0, 0.1) is 0 Å². The van der Waals surface area contributed by atoms with Crippen LogP contribution in [-0.2, 0) is 27.4 Å². The van der Waals surface area contributed by atoms with Crippen LogP contribution in [0.1, 0.15) is 45.1 Å². The summed E-state index contributed by atoms with van der Waals surface area (Å²) in [6.45, 7) is 4.58. The highest BCUT2D eigenvalue weighted by molar-refractivity contribution is 7.97. The highest BCUT2D eigenvalue weighted by Crippen LogP contribution is 2.42. The van der Waals surface area contributed by atoms with Gasteiger partial charge in [-0.1, -0.05) is 112 Å². The monoisotopic (exact) mass is 600 g/mol. The zero-order chi connectivity index (χ0) is 29.9. The van der Waals surface area contributed by atoms with Crippen LogP contribution < -0.4 is 0 Å².